The number of nitrogens with zero attached hydrogens (tertiary/aromatic N) is 3. The zero-order chi connectivity index (χ0) is 39.7. The first-order valence-electron chi connectivity index (χ1n) is 21.7. The number of carbonyl (C=O) groups is 3. The molecule has 0 saturated carbocycles. The van der Waals surface area contributed by atoms with Crippen molar-refractivity contribution in [3.8, 4) is 0 Å². The molecule has 0 amide bonds. The van der Waals surface area contributed by atoms with Crippen molar-refractivity contribution in [2.24, 2.45) is 0 Å². The third kappa shape index (κ3) is 23.6. The summed E-state index contributed by atoms with van der Waals surface area (Å²) in [6, 6.07) is 0. The lowest BCUT2D eigenvalue weighted by molar-refractivity contribution is -0.144. The summed E-state index contributed by atoms with van der Waals surface area (Å²) in [5, 5.41) is 0. The first kappa shape index (κ1) is 48.8. The van der Waals surface area contributed by atoms with Crippen LogP contribution in [0.2, 0.25) is 0 Å². The molecule has 0 aromatic carbocycles. The van der Waals surface area contributed by atoms with Crippen molar-refractivity contribution >= 4 is 17.9 Å². The van der Waals surface area contributed by atoms with E-state index in [0.717, 1.165) is 90.8 Å². The third-order valence-electron chi connectivity index (χ3n) is 9.79. The van der Waals surface area contributed by atoms with Gasteiger partial charge in [0.15, 0.2) is 0 Å². The van der Waals surface area contributed by atoms with Crippen LogP contribution in [0, 0.1) is 0 Å². The molecule has 0 aliphatic heterocycles. The molecule has 12 nitrogen and oxygen atoms in total. The van der Waals surface area contributed by atoms with Gasteiger partial charge in [0.2, 0.25) is 0 Å². The van der Waals surface area contributed by atoms with Gasteiger partial charge in [-0.1, -0.05) is 156 Å². The summed E-state index contributed by atoms with van der Waals surface area (Å²) in [6.07, 6.45) is 25.8. The highest BCUT2D eigenvalue weighted by molar-refractivity contribution is 5.70. The zero-order valence-corrected chi connectivity index (χ0v) is 34.4. The number of ether oxygens (including phenoxy) is 3. The molecule has 0 aliphatic rings. The van der Waals surface area contributed by atoms with Gasteiger partial charge in [0, 0.05) is 19.6 Å². The number of carbonyl (C=O) groups excluding carboxylic acids is 3. The topological polar surface area (TPSA) is 145 Å². The Morgan fingerprint density at radius 2 is 0.556 bits per heavy atom. The van der Waals surface area contributed by atoms with E-state index in [1.54, 1.807) is 0 Å². The lowest BCUT2D eigenvalue weighted by Crippen LogP contribution is -2.55. The van der Waals surface area contributed by atoms with Crippen LogP contribution in [0.15, 0.2) is 14.4 Å². The van der Waals surface area contributed by atoms with E-state index in [1.807, 2.05) is 0 Å². The predicted molar refractivity (Wildman–Crippen MR) is 214 cm³/mol. The molecule has 0 bridgehead atoms. The molecule has 0 atom stereocenters. The number of aromatic nitrogens is 3. The Bertz CT molecular complexity index is 1130. The highest BCUT2D eigenvalue weighted by atomic mass is 16.5. The summed E-state index contributed by atoms with van der Waals surface area (Å²) < 4.78 is 18.4. The fourth-order valence-electron chi connectivity index (χ4n) is 6.35. The van der Waals surface area contributed by atoms with Crippen molar-refractivity contribution in [2.45, 2.75) is 214 Å². The number of unbranched alkanes of at least 4 members (excludes halogenated alkanes) is 21. The van der Waals surface area contributed by atoms with Gasteiger partial charge in [-0.25, -0.2) is 28.1 Å². The van der Waals surface area contributed by atoms with Gasteiger partial charge in [-0.15, -0.1) is 0 Å². The molecule has 0 aliphatic carbocycles. The lowest BCUT2D eigenvalue weighted by Gasteiger charge is -2.14. The summed E-state index contributed by atoms with van der Waals surface area (Å²) in [5.41, 5.74) is -2.78. The molecular formula is C42H75N3O9. The van der Waals surface area contributed by atoms with E-state index in [2.05, 4.69) is 20.8 Å². The molecule has 0 N–H and O–H groups in total. The van der Waals surface area contributed by atoms with Gasteiger partial charge in [-0.3, -0.25) is 14.4 Å². The van der Waals surface area contributed by atoms with Crippen LogP contribution >= 0.6 is 0 Å². The molecule has 0 spiro atoms. The maximum atomic E-state index is 13.4. The molecule has 1 aromatic rings. The van der Waals surface area contributed by atoms with Crippen LogP contribution in [-0.4, -0.2) is 51.4 Å². The van der Waals surface area contributed by atoms with E-state index in [-0.39, 0.29) is 58.7 Å². The second kappa shape index (κ2) is 33.2. The highest BCUT2D eigenvalue weighted by Crippen LogP contribution is 2.11. The molecule has 0 fully saturated rings. The van der Waals surface area contributed by atoms with Gasteiger partial charge in [-0.05, 0) is 19.3 Å². The van der Waals surface area contributed by atoms with Crippen LogP contribution in [0.25, 0.3) is 0 Å². The minimum Gasteiger partial charge on any atom is -0.466 e. The van der Waals surface area contributed by atoms with Gasteiger partial charge >= 0.3 is 35.0 Å². The first-order valence-corrected chi connectivity index (χ1v) is 21.7. The quantitative estimate of drug-likeness (QED) is 0.0374. The second-order valence-corrected chi connectivity index (χ2v) is 14.6. The molecule has 1 aromatic heterocycles. The first-order chi connectivity index (χ1) is 26.3. The van der Waals surface area contributed by atoms with Gasteiger partial charge in [-0.2, -0.15) is 0 Å². The van der Waals surface area contributed by atoms with Gasteiger partial charge in [0.05, 0.1) is 39.1 Å². The Labute approximate surface area is 324 Å². The van der Waals surface area contributed by atoms with Crippen LogP contribution in [0.3, 0.4) is 0 Å². The summed E-state index contributed by atoms with van der Waals surface area (Å²) in [7, 11) is 0. The van der Waals surface area contributed by atoms with Crippen molar-refractivity contribution in [2.75, 3.05) is 19.8 Å². The Morgan fingerprint density at radius 1 is 0.352 bits per heavy atom. The van der Waals surface area contributed by atoms with Crippen molar-refractivity contribution in [3.63, 3.8) is 0 Å². The predicted octanol–water partition coefficient (Wildman–Crippen LogP) is 8.39. The van der Waals surface area contributed by atoms with E-state index in [9.17, 15) is 28.8 Å². The van der Waals surface area contributed by atoms with Crippen molar-refractivity contribution in [1.29, 1.82) is 0 Å². The minimum absolute atomic E-state index is 0.244. The third-order valence-corrected chi connectivity index (χ3v) is 9.79. The summed E-state index contributed by atoms with van der Waals surface area (Å²) in [6.45, 7) is 6.42. The number of esters is 3. The molecule has 0 saturated heterocycles. The fraction of sp³-hybridized carbons (Fsp3) is 0.857. The molecule has 0 unspecified atom stereocenters. The molecule has 1 heterocycles. The van der Waals surface area contributed by atoms with E-state index >= 15 is 0 Å². The van der Waals surface area contributed by atoms with Gasteiger partial charge in [0.1, 0.15) is 0 Å². The lowest BCUT2D eigenvalue weighted by atomic mass is 10.1. The van der Waals surface area contributed by atoms with Gasteiger partial charge < -0.3 is 14.2 Å². The average Bonchev–Trinajstić information content (AvgIpc) is 3.15. The molecule has 1 rings (SSSR count). The summed E-state index contributed by atoms with van der Waals surface area (Å²) in [4.78, 5) is 77.8. The number of hydrogen-bond acceptors (Lipinski definition) is 9. The Balaban J connectivity index is 2.79. The Morgan fingerprint density at radius 3 is 0.778 bits per heavy atom. The SMILES string of the molecule is CCCCCCCCCCOC(=O)CCn1c(=O)n(CCC(=O)OCCCCCCCCCC)c(=O)n(CCC(=O)OCCCCCCCCCC)c1=O. The van der Waals surface area contributed by atoms with Crippen LogP contribution in [-0.2, 0) is 48.2 Å². The van der Waals surface area contributed by atoms with Crippen molar-refractivity contribution in [1.82, 2.24) is 13.7 Å². The molecular weight excluding hydrogens is 690 g/mol. The summed E-state index contributed by atoms with van der Waals surface area (Å²) in [5.74, 6) is -1.66. The largest absolute Gasteiger partial charge is 0.466 e. The van der Waals surface area contributed by atoms with Crippen LogP contribution < -0.4 is 17.1 Å². The number of rotatable bonds is 36. The fourth-order valence-corrected chi connectivity index (χ4v) is 6.35. The highest BCUT2D eigenvalue weighted by Gasteiger charge is 2.19. The minimum atomic E-state index is -0.926. The van der Waals surface area contributed by atoms with E-state index < -0.39 is 35.0 Å². The van der Waals surface area contributed by atoms with E-state index in [0.29, 0.717) is 0 Å². The molecule has 54 heavy (non-hydrogen) atoms. The van der Waals surface area contributed by atoms with Gasteiger partial charge in [0.25, 0.3) is 0 Å². The van der Waals surface area contributed by atoms with Crippen LogP contribution in [0.1, 0.15) is 194 Å². The van der Waals surface area contributed by atoms with Crippen LogP contribution in [0.5, 0.6) is 0 Å². The molecule has 12 heteroatoms. The van der Waals surface area contributed by atoms with Crippen molar-refractivity contribution in [3.05, 3.63) is 31.5 Å². The zero-order valence-electron chi connectivity index (χ0n) is 34.4. The van der Waals surface area contributed by atoms with Crippen LogP contribution in [0.4, 0.5) is 0 Å². The second-order valence-electron chi connectivity index (χ2n) is 14.6. The molecule has 0 radical (unpaired) electrons. The summed E-state index contributed by atoms with van der Waals surface area (Å²) >= 11 is 0. The Kier molecular flexibility index (Phi) is 30.0. The average molecular weight is 766 g/mol. The smallest absolute Gasteiger partial charge is 0.336 e. The number of hydrogen-bond donors (Lipinski definition) is 0. The maximum absolute atomic E-state index is 13.4. The van der Waals surface area contributed by atoms with Crippen molar-refractivity contribution < 1.29 is 28.6 Å². The van der Waals surface area contributed by atoms with E-state index in [1.165, 1.54) is 77.0 Å². The maximum Gasteiger partial charge on any atom is 0.336 e. The standard InChI is InChI=1S/C42H75N3O9/c1-4-7-10-13-16-19-22-25-34-52-37(46)28-31-43-40(49)44(32-29-38(47)53-35-26-23-20-17-14-11-8-5-2)42(51)45(41(43)50)33-30-39(48)54-36-27-24-21-18-15-12-9-6-3/h4-36H2,1-3H3. The Hall–Kier alpha value is -3.18. The monoisotopic (exact) mass is 766 g/mol. The molecule has 312 valence electrons. The normalized spacial score (nSPS) is 11.2. The van der Waals surface area contributed by atoms with E-state index in [4.69, 9.17) is 14.2 Å².